The second-order valence-corrected chi connectivity index (χ2v) is 10.8. The van der Waals surface area contributed by atoms with Crippen molar-refractivity contribution in [3.63, 3.8) is 0 Å². The third kappa shape index (κ3) is 8.86. The molecule has 0 radical (unpaired) electrons. The Labute approximate surface area is 246 Å². The van der Waals surface area contributed by atoms with Crippen LogP contribution in [-0.4, -0.2) is 31.6 Å². The molecule has 0 aromatic heterocycles. The van der Waals surface area contributed by atoms with Crippen molar-refractivity contribution in [2.24, 2.45) is 17.8 Å². The van der Waals surface area contributed by atoms with Crippen LogP contribution in [0.15, 0.2) is 55.1 Å². The molecule has 2 aliphatic rings. The van der Waals surface area contributed by atoms with Crippen molar-refractivity contribution in [1.82, 2.24) is 0 Å². The topological polar surface area (TPSA) is 54.0 Å². The second kappa shape index (κ2) is 14.9. The summed E-state index contributed by atoms with van der Waals surface area (Å²) < 4.78 is 106. The van der Waals surface area contributed by atoms with E-state index < -0.39 is 64.6 Å². The molecule has 1 heterocycles. The van der Waals surface area contributed by atoms with E-state index in [0.29, 0.717) is 44.3 Å². The predicted molar refractivity (Wildman–Crippen MR) is 146 cm³/mol. The summed E-state index contributed by atoms with van der Waals surface area (Å²) in [7, 11) is 0. The second-order valence-electron chi connectivity index (χ2n) is 10.8. The van der Waals surface area contributed by atoms with Crippen LogP contribution >= 0.6 is 0 Å². The highest BCUT2D eigenvalue weighted by atomic mass is 19.3. The Balaban J connectivity index is 1.23. The number of allylic oxidation sites excluding steroid dienone is 3. The molecular weight excluding hydrogens is 578 g/mol. The highest BCUT2D eigenvalue weighted by molar-refractivity contribution is 5.91. The van der Waals surface area contributed by atoms with Gasteiger partial charge in [0.15, 0.2) is 23.7 Å². The van der Waals surface area contributed by atoms with Gasteiger partial charge in [0.25, 0.3) is 0 Å². The summed E-state index contributed by atoms with van der Waals surface area (Å²) in [5.41, 5.74) is -0.698. The fourth-order valence-electron chi connectivity index (χ4n) is 5.22. The molecule has 0 spiro atoms. The van der Waals surface area contributed by atoms with Crippen LogP contribution in [0.4, 0.5) is 26.3 Å². The number of carbonyl (C=O) groups is 1. The molecule has 234 valence electrons. The van der Waals surface area contributed by atoms with Crippen LogP contribution in [-0.2, 0) is 9.47 Å². The van der Waals surface area contributed by atoms with Gasteiger partial charge in [-0.1, -0.05) is 18.2 Å². The number of hydrogen-bond donors (Lipinski definition) is 0. The molecule has 1 saturated carbocycles. The lowest BCUT2D eigenvalue weighted by molar-refractivity contribution is -0.247. The molecule has 2 aromatic rings. The van der Waals surface area contributed by atoms with Gasteiger partial charge in [-0.2, -0.15) is 8.78 Å². The van der Waals surface area contributed by atoms with Gasteiger partial charge in [-0.3, -0.25) is 0 Å². The van der Waals surface area contributed by atoms with Gasteiger partial charge in [-0.25, -0.2) is 22.4 Å². The van der Waals surface area contributed by atoms with E-state index in [9.17, 15) is 22.4 Å². The maximum absolute atomic E-state index is 15.0. The molecule has 1 aliphatic heterocycles. The maximum Gasteiger partial charge on any atom is 0.400 e. The third-order valence-electron chi connectivity index (χ3n) is 7.65. The van der Waals surface area contributed by atoms with Crippen LogP contribution < -0.4 is 9.47 Å². The summed E-state index contributed by atoms with van der Waals surface area (Å²) in [6, 6.07) is 3.23. The Morgan fingerprint density at radius 3 is 2.14 bits per heavy atom. The highest BCUT2D eigenvalue weighted by Crippen LogP contribution is 2.42. The third-order valence-corrected chi connectivity index (χ3v) is 7.65. The van der Waals surface area contributed by atoms with Gasteiger partial charge in [0.2, 0.25) is 0 Å². The average Bonchev–Trinajstić information content (AvgIpc) is 2.98. The minimum atomic E-state index is -3.61. The van der Waals surface area contributed by atoms with Gasteiger partial charge in [-0.15, -0.1) is 6.58 Å². The summed E-state index contributed by atoms with van der Waals surface area (Å²) in [5.74, 6) is -9.65. The smallest absolute Gasteiger partial charge is 0.400 e. The lowest BCUT2D eigenvalue weighted by Gasteiger charge is -2.39. The highest BCUT2D eigenvalue weighted by Gasteiger charge is 2.45. The van der Waals surface area contributed by atoms with Crippen molar-refractivity contribution >= 4 is 5.97 Å². The molecule has 1 aliphatic carbocycles. The lowest BCUT2D eigenvalue weighted by Crippen LogP contribution is -2.42. The first-order valence-corrected chi connectivity index (χ1v) is 14.3. The fourth-order valence-corrected chi connectivity index (χ4v) is 5.22. The van der Waals surface area contributed by atoms with Gasteiger partial charge in [0.05, 0.1) is 24.7 Å². The molecule has 0 atom stereocenters. The van der Waals surface area contributed by atoms with Crippen molar-refractivity contribution in [3.8, 4) is 11.5 Å². The zero-order chi connectivity index (χ0) is 31.0. The molecule has 0 N–H and O–H groups in total. The van der Waals surface area contributed by atoms with E-state index in [1.807, 2.05) is 6.08 Å². The van der Waals surface area contributed by atoms with Crippen LogP contribution in [0.25, 0.3) is 0 Å². The average molecular weight is 613 g/mol. The predicted octanol–water partition coefficient (Wildman–Crippen LogP) is 8.53. The van der Waals surface area contributed by atoms with Gasteiger partial charge in [-0.05, 0) is 63.5 Å². The molecule has 5 nitrogen and oxygen atoms in total. The first kappa shape index (κ1) is 32.6. The van der Waals surface area contributed by atoms with Gasteiger partial charge in [0.1, 0.15) is 17.3 Å². The molecule has 11 heteroatoms. The maximum atomic E-state index is 15.0. The van der Waals surface area contributed by atoms with E-state index in [1.165, 1.54) is 0 Å². The van der Waals surface area contributed by atoms with E-state index in [0.717, 1.165) is 37.8 Å². The van der Waals surface area contributed by atoms with Gasteiger partial charge < -0.3 is 18.9 Å². The SMILES string of the molecule is C=CCC/C=C/CCC1COC(C2CCC(C(F)(F)Oc3ccc(C(=O)Oc4cc(F)c(F)c(F)c4)c(F)c3)CC2)OC1. The number of benzene rings is 2. The van der Waals surface area contributed by atoms with Crippen LogP contribution in [0.5, 0.6) is 11.5 Å². The van der Waals surface area contributed by atoms with Crippen LogP contribution in [0.2, 0.25) is 0 Å². The molecule has 0 amide bonds. The zero-order valence-corrected chi connectivity index (χ0v) is 23.5. The van der Waals surface area contributed by atoms with Crippen molar-refractivity contribution in [3.05, 3.63) is 84.0 Å². The van der Waals surface area contributed by atoms with E-state index >= 15 is 8.78 Å². The quantitative estimate of drug-likeness (QED) is 0.0601. The normalized spacial score (nSPS) is 22.8. The molecule has 2 aromatic carbocycles. The minimum Gasteiger partial charge on any atom is -0.432 e. The Morgan fingerprint density at radius 1 is 0.884 bits per heavy atom. The lowest BCUT2D eigenvalue weighted by atomic mass is 9.80. The van der Waals surface area contributed by atoms with E-state index in [4.69, 9.17) is 18.9 Å². The van der Waals surface area contributed by atoms with E-state index in [2.05, 4.69) is 18.7 Å². The Morgan fingerprint density at radius 2 is 1.51 bits per heavy atom. The molecule has 0 unspecified atom stereocenters. The summed E-state index contributed by atoms with van der Waals surface area (Å²) >= 11 is 0. The standard InChI is InChI=1S/C32H34F6O5/c1-2-3-4-5-6-7-8-20-18-40-31(41-19-20)21-9-11-22(12-10-21)32(37,38)43-23-13-14-25(26(33)15-23)30(39)42-24-16-27(34)29(36)28(35)17-24/h2,5-6,13-17,20-22,31H,1,3-4,7-12,18-19H2/b6-5+. The van der Waals surface area contributed by atoms with Gasteiger partial charge >= 0.3 is 12.1 Å². The largest absolute Gasteiger partial charge is 0.432 e. The first-order valence-electron chi connectivity index (χ1n) is 14.3. The monoisotopic (exact) mass is 612 g/mol. The van der Waals surface area contributed by atoms with Crippen LogP contribution in [0, 0.1) is 41.0 Å². The minimum absolute atomic E-state index is 0.0161. The number of esters is 1. The van der Waals surface area contributed by atoms with Crippen molar-refractivity contribution in [2.75, 3.05) is 13.2 Å². The summed E-state index contributed by atoms with van der Waals surface area (Å²) in [6.45, 7) is 4.83. The number of unbranched alkanes of at least 4 members (excludes halogenated alkanes) is 1. The molecule has 4 rings (SSSR count). The number of hydrogen-bond acceptors (Lipinski definition) is 5. The Hall–Kier alpha value is -3.31. The number of carbonyl (C=O) groups excluding carboxylic acids is 1. The Bertz CT molecular complexity index is 1260. The van der Waals surface area contributed by atoms with Gasteiger partial charge in [0, 0.05) is 30.0 Å². The Kier molecular flexibility index (Phi) is 11.3. The number of ether oxygens (including phenoxy) is 4. The summed E-state index contributed by atoms with van der Waals surface area (Å²) in [4.78, 5) is 12.2. The fraction of sp³-hybridized carbons (Fsp3) is 0.469. The summed E-state index contributed by atoms with van der Waals surface area (Å²) in [5, 5.41) is 0. The van der Waals surface area contributed by atoms with Crippen molar-refractivity contribution in [1.29, 1.82) is 0 Å². The number of alkyl halides is 2. The summed E-state index contributed by atoms with van der Waals surface area (Å²) in [6.07, 6.45) is 7.16. The van der Waals surface area contributed by atoms with Crippen LogP contribution in [0.1, 0.15) is 61.7 Å². The number of rotatable bonds is 12. The van der Waals surface area contributed by atoms with E-state index in [1.54, 1.807) is 0 Å². The number of halogens is 6. The molecular formula is C32H34F6O5. The van der Waals surface area contributed by atoms with E-state index in [-0.39, 0.29) is 24.7 Å². The van der Waals surface area contributed by atoms with Crippen molar-refractivity contribution < 1.29 is 50.1 Å². The molecule has 1 saturated heterocycles. The molecule has 43 heavy (non-hydrogen) atoms. The molecule has 2 fully saturated rings. The van der Waals surface area contributed by atoms with Crippen LogP contribution in [0.3, 0.4) is 0 Å². The zero-order valence-electron chi connectivity index (χ0n) is 23.5. The van der Waals surface area contributed by atoms with Crippen molar-refractivity contribution in [2.45, 2.75) is 63.8 Å². The molecule has 0 bridgehead atoms. The first-order chi connectivity index (χ1) is 20.6.